The molecule has 2 aromatic rings. The Hall–Kier alpha value is -2.45. The molecule has 0 amide bonds. The molecule has 1 heterocycles. The van der Waals surface area contributed by atoms with Crippen molar-refractivity contribution in [3.8, 4) is 11.5 Å². The van der Waals surface area contributed by atoms with Crippen LogP contribution in [0.25, 0.3) is 0 Å². The van der Waals surface area contributed by atoms with Gasteiger partial charge in [-0.15, -0.1) is 0 Å². The second kappa shape index (κ2) is 10.5. The Morgan fingerprint density at radius 2 is 1.97 bits per heavy atom. The van der Waals surface area contributed by atoms with Gasteiger partial charge in [0.05, 0.1) is 27.7 Å². The van der Waals surface area contributed by atoms with Gasteiger partial charge in [-0.1, -0.05) is 18.2 Å². The number of carbonyl (C=O) groups excluding carboxylic acids is 1. The average Bonchev–Trinajstić information content (AvgIpc) is 2.69. The Morgan fingerprint density at radius 3 is 2.57 bits per heavy atom. The molecule has 0 aliphatic rings. The van der Waals surface area contributed by atoms with Gasteiger partial charge in [0.1, 0.15) is 17.5 Å². The Morgan fingerprint density at radius 1 is 1.30 bits per heavy atom. The lowest BCUT2D eigenvalue weighted by atomic mass is 10.1. The number of hydrogen-bond donors (Lipinski definition) is 3. The molecule has 9 nitrogen and oxygen atoms in total. The number of carbonyl (C=O) groups is 1. The number of nitrogens with one attached hydrogen (secondary N) is 1. The largest absolute Gasteiger partial charge is 0.506 e. The summed E-state index contributed by atoms with van der Waals surface area (Å²) in [5, 5.41) is 22.2. The molecular formula is C20H27N2O7P. The van der Waals surface area contributed by atoms with Gasteiger partial charge in [-0.25, -0.2) is 4.57 Å². The van der Waals surface area contributed by atoms with E-state index in [2.05, 4.69) is 10.1 Å². The van der Waals surface area contributed by atoms with Gasteiger partial charge in [-0.05, 0) is 39.8 Å². The van der Waals surface area contributed by atoms with Crippen LogP contribution in [-0.2, 0) is 31.8 Å². The molecule has 0 spiro atoms. The van der Waals surface area contributed by atoms with Crippen LogP contribution in [0.4, 0.5) is 0 Å². The zero-order valence-electron chi connectivity index (χ0n) is 19.2. The van der Waals surface area contributed by atoms with Crippen LogP contribution in [-0.4, -0.2) is 33.3 Å². The van der Waals surface area contributed by atoms with Crippen molar-refractivity contribution in [1.82, 2.24) is 10.1 Å². The van der Waals surface area contributed by atoms with E-state index in [1.165, 1.54) is 26.0 Å². The van der Waals surface area contributed by atoms with E-state index in [9.17, 15) is 19.6 Å². The zero-order valence-corrected chi connectivity index (χ0v) is 18.1. The van der Waals surface area contributed by atoms with Gasteiger partial charge < -0.3 is 19.5 Å². The van der Waals surface area contributed by atoms with Crippen LogP contribution < -0.4 is 9.61 Å². The van der Waals surface area contributed by atoms with Crippen LogP contribution >= 0.6 is 7.75 Å². The maximum Gasteiger partial charge on any atom is 0.459 e. The van der Waals surface area contributed by atoms with Crippen molar-refractivity contribution in [1.29, 1.82) is 0 Å². The molecule has 1 unspecified atom stereocenters. The number of esters is 1. The molecule has 3 N–H and O–H groups in total. The minimum Gasteiger partial charge on any atom is -0.506 e. The number of hydrogen-bond acceptors (Lipinski definition) is 8. The van der Waals surface area contributed by atoms with Gasteiger partial charge in [0.2, 0.25) is 0 Å². The number of aliphatic hydroxyl groups excluding tert-OH is 1. The Balaban J connectivity index is 2.42. The van der Waals surface area contributed by atoms with E-state index in [4.69, 9.17) is 16.5 Å². The second-order valence-corrected chi connectivity index (χ2v) is 8.29. The lowest BCUT2D eigenvalue weighted by Gasteiger charge is -2.23. The third kappa shape index (κ3) is 6.53. The van der Waals surface area contributed by atoms with E-state index in [-0.39, 0.29) is 22.6 Å². The highest BCUT2D eigenvalue weighted by molar-refractivity contribution is 7.52. The van der Waals surface area contributed by atoms with Gasteiger partial charge in [0.25, 0.3) is 0 Å². The smallest absolute Gasteiger partial charge is 0.459 e. The van der Waals surface area contributed by atoms with E-state index in [1.807, 2.05) is 0 Å². The molecular weight excluding hydrogens is 411 g/mol. The number of ether oxygens (including phenoxy) is 1. The first-order chi connectivity index (χ1) is 14.9. The summed E-state index contributed by atoms with van der Waals surface area (Å²) in [5.41, 5.74) is -0.360. The van der Waals surface area contributed by atoms with Crippen LogP contribution in [0, 0.1) is 6.92 Å². The fourth-order valence-corrected chi connectivity index (χ4v) is 3.66. The van der Waals surface area contributed by atoms with Crippen LogP contribution in [0.5, 0.6) is 11.5 Å². The number of benzene rings is 1. The first kappa shape index (κ1) is 20.8. The molecule has 10 heteroatoms. The fraction of sp³-hybridized carbons (Fsp3) is 0.400. The minimum atomic E-state index is -4.56. The number of para-hydroxylation sites is 1. The maximum absolute atomic E-state index is 13.6. The lowest BCUT2D eigenvalue weighted by molar-refractivity contribution is -0.149. The lowest BCUT2D eigenvalue weighted by Crippen LogP contribution is -2.36. The van der Waals surface area contributed by atoms with Gasteiger partial charge >= 0.3 is 13.7 Å². The van der Waals surface area contributed by atoms with E-state index in [0.717, 1.165) is 6.20 Å². The fourth-order valence-electron chi connectivity index (χ4n) is 2.32. The molecule has 2 rings (SSSR count). The van der Waals surface area contributed by atoms with Crippen molar-refractivity contribution in [2.75, 3.05) is 0 Å². The Bertz CT molecular complexity index is 989. The third-order valence-corrected chi connectivity index (χ3v) is 5.29. The van der Waals surface area contributed by atoms with Crippen molar-refractivity contribution < 1.29 is 36.1 Å². The number of aliphatic hydroxyl groups is 1. The van der Waals surface area contributed by atoms with Crippen LogP contribution in [0.2, 0.25) is 0 Å². The van der Waals surface area contributed by atoms with Crippen molar-refractivity contribution in [3.63, 3.8) is 0 Å². The van der Waals surface area contributed by atoms with Gasteiger partial charge in [0.15, 0.2) is 0 Å². The normalized spacial score (nSPS) is 15.7. The van der Waals surface area contributed by atoms with Gasteiger partial charge in [-0.2, -0.15) is 5.09 Å². The molecule has 0 aliphatic heterocycles. The summed E-state index contributed by atoms with van der Waals surface area (Å²) in [5.74, 6) is -1.07. The predicted molar refractivity (Wildman–Crippen MR) is 110 cm³/mol. The van der Waals surface area contributed by atoms with Crippen molar-refractivity contribution >= 4 is 13.7 Å². The highest BCUT2D eigenvalue weighted by Gasteiger charge is 2.33. The van der Waals surface area contributed by atoms with E-state index in [0.29, 0.717) is 0 Å². The number of pyridine rings is 1. The molecule has 2 atom stereocenters. The molecule has 164 valence electrons. The summed E-state index contributed by atoms with van der Waals surface area (Å²) in [6.45, 7) is 2.57. The summed E-state index contributed by atoms with van der Waals surface area (Å²) < 4.78 is 46.0. The molecule has 1 aromatic heterocycles. The minimum absolute atomic E-state index is 0.0934. The molecule has 0 fully saturated rings. The Labute approximate surface area is 178 Å². The average molecular weight is 440 g/mol. The zero-order chi connectivity index (χ0) is 24.1. The monoisotopic (exact) mass is 440 g/mol. The topological polar surface area (TPSA) is 127 Å². The van der Waals surface area contributed by atoms with Gasteiger partial charge in [0, 0.05) is 17.3 Å². The van der Waals surface area contributed by atoms with Crippen molar-refractivity contribution in [2.24, 2.45) is 0 Å². The van der Waals surface area contributed by atoms with E-state index in [1.54, 1.807) is 32.0 Å². The number of aromatic hydroxyl groups is 1. The summed E-state index contributed by atoms with van der Waals surface area (Å²) in [7, 11) is -4.56. The summed E-state index contributed by atoms with van der Waals surface area (Å²) in [4.78, 5) is 16.1. The van der Waals surface area contributed by atoms with E-state index >= 15 is 0 Å². The summed E-state index contributed by atoms with van der Waals surface area (Å²) in [6.07, 6.45) is 0.631. The predicted octanol–water partition coefficient (Wildman–Crippen LogP) is 3.22. The first-order valence-corrected chi connectivity index (χ1v) is 10.8. The molecule has 0 radical (unpaired) electrons. The molecule has 0 saturated heterocycles. The quantitative estimate of drug-likeness (QED) is 0.377. The van der Waals surface area contributed by atoms with Crippen LogP contribution in [0.3, 0.4) is 0 Å². The number of aromatic nitrogens is 1. The molecule has 0 bridgehead atoms. The van der Waals surface area contributed by atoms with Crippen LogP contribution in [0.1, 0.15) is 40.3 Å². The van der Waals surface area contributed by atoms with Crippen molar-refractivity contribution in [3.05, 3.63) is 53.3 Å². The van der Waals surface area contributed by atoms with Gasteiger partial charge in [-0.3, -0.25) is 14.3 Å². The molecule has 0 saturated carbocycles. The summed E-state index contributed by atoms with van der Waals surface area (Å²) in [6, 6.07) is 6.69. The summed E-state index contributed by atoms with van der Waals surface area (Å²) >= 11 is 0. The number of aryl methyl sites for hydroxylation is 1. The second-order valence-electron chi connectivity index (χ2n) is 6.67. The highest BCUT2D eigenvalue weighted by atomic mass is 31.2. The third-order valence-electron chi connectivity index (χ3n) is 3.80. The van der Waals surface area contributed by atoms with E-state index < -0.39 is 44.8 Å². The number of rotatable bonds is 10. The molecule has 1 aromatic carbocycles. The van der Waals surface area contributed by atoms with Crippen LogP contribution in [0.15, 0.2) is 36.5 Å². The number of nitrogens with zero attached hydrogens (tertiary/aromatic N) is 1. The highest BCUT2D eigenvalue weighted by Crippen LogP contribution is 2.46. The molecule has 0 aliphatic carbocycles. The van der Waals surface area contributed by atoms with Crippen molar-refractivity contribution in [2.45, 2.75) is 53.0 Å². The molecule has 30 heavy (non-hydrogen) atoms. The maximum atomic E-state index is 13.6. The standard InChI is InChI=1S/C20H27N2O7P/c1-13(2)28-20(25)15(4)22-30(26,29-17-8-6-5-7-9-17)27-12-16-10-21-14(3)19(24)18(16)11-23/h5-10,13,15,23-24H,11-12H2,1-4H3,(H,22,26)/t15-,30?/m0/s1/i12D2. The SMILES string of the molecule is [2H]C([2H])(OP(=O)(N[C@@H](C)C(=O)OC(C)C)Oc1ccccc1)c1cnc(C)c(O)c1CO. The first-order valence-electron chi connectivity index (χ1n) is 10.2. The Kier molecular flexibility index (Phi) is 7.31.